The maximum Gasteiger partial charge on any atom is 0.236 e. The van der Waals surface area contributed by atoms with Gasteiger partial charge in [-0.15, -0.1) is 0 Å². The molecular weight excluding hydrogens is 298 g/mol. The summed E-state index contributed by atoms with van der Waals surface area (Å²) in [6, 6.07) is 12.5. The standard InChI is InChI=1S/C20H23N3O/c1-14-7-5-8-15(2)18(14)22-11-12-23(20(22)21-13-24)19-16(3)9-6-10-17(19)4/h5-10,13H,11-12H2,1-4H3. The van der Waals surface area contributed by atoms with Gasteiger partial charge >= 0.3 is 0 Å². The number of amides is 1. The average molecular weight is 321 g/mol. The van der Waals surface area contributed by atoms with Crippen LogP contribution in [0.4, 0.5) is 11.4 Å². The van der Waals surface area contributed by atoms with E-state index in [4.69, 9.17) is 0 Å². The first-order chi connectivity index (χ1) is 11.5. The van der Waals surface area contributed by atoms with E-state index in [0.29, 0.717) is 12.4 Å². The topological polar surface area (TPSA) is 35.9 Å². The Morgan fingerprint density at radius 3 is 1.50 bits per heavy atom. The van der Waals surface area contributed by atoms with E-state index in [1.165, 1.54) is 22.3 Å². The second kappa shape index (κ2) is 6.48. The Morgan fingerprint density at radius 2 is 1.17 bits per heavy atom. The number of rotatable bonds is 3. The van der Waals surface area contributed by atoms with E-state index in [-0.39, 0.29) is 0 Å². The number of carbonyl (C=O) groups excluding carboxylic acids is 1. The lowest BCUT2D eigenvalue weighted by Crippen LogP contribution is -2.35. The van der Waals surface area contributed by atoms with E-state index in [9.17, 15) is 4.79 Å². The molecule has 0 saturated carbocycles. The van der Waals surface area contributed by atoms with Crippen molar-refractivity contribution in [1.82, 2.24) is 0 Å². The van der Waals surface area contributed by atoms with Crippen molar-refractivity contribution in [3.8, 4) is 0 Å². The van der Waals surface area contributed by atoms with Crippen LogP contribution in [0.2, 0.25) is 0 Å². The van der Waals surface area contributed by atoms with Crippen molar-refractivity contribution in [3.05, 3.63) is 58.7 Å². The number of guanidine groups is 1. The predicted molar refractivity (Wildman–Crippen MR) is 100 cm³/mol. The van der Waals surface area contributed by atoms with Crippen molar-refractivity contribution in [3.63, 3.8) is 0 Å². The lowest BCUT2D eigenvalue weighted by molar-refractivity contribution is -0.106. The zero-order valence-electron chi connectivity index (χ0n) is 14.7. The van der Waals surface area contributed by atoms with Gasteiger partial charge in [0.2, 0.25) is 12.4 Å². The van der Waals surface area contributed by atoms with Gasteiger partial charge in [-0.25, -0.2) is 0 Å². The fourth-order valence-electron chi connectivity index (χ4n) is 3.62. The lowest BCUT2D eigenvalue weighted by Gasteiger charge is -2.27. The van der Waals surface area contributed by atoms with Crippen molar-refractivity contribution in [2.45, 2.75) is 27.7 Å². The molecule has 0 aliphatic carbocycles. The molecule has 0 unspecified atom stereocenters. The van der Waals surface area contributed by atoms with Crippen LogP contribution in [0.3, 0.4) is 0 Å². The summed E-state index contributed by atoms with van der Waals surface area (Å²) in [5, 5.41) is 0. The molecular formula is C20H23N3O. The van der Waals surface area contributed by atoms with Crippen molar-refractivity contribution in [2.75, 3.05) is 22.9 Å². The second-order valence-electron chi connectivity index (χ2n) is 6.32. The molecule has 1 fully saturated rings. The Bertz CT molecular complexity index is 709. The Labute approximate surface area is 143 Å². The second-order valence-corrected chi connectivity index (χ2v) is 6.32. The molecule has 0 bridgehead atoms. The molecule has 1 amide bonds. The van der Waals surface area contributed by atoms with Crippen LogP contribution < -0.4 is 9.80 Å². The minimum atomic E-state index is 0.641. The smallest absolute Gasteiger partial charge is 0.236 e. The summed E-state index contributed by atoms with van der Waals surface area (Å²) in [6.07, 6.45) is 0.641. The summed E-state index contributed by atoms with van der Waals surface area (Å²) in [5.74, 6) is 0.708. The predicted octanol–water partition coefficient (Wildman–Crippen LogP) is 3.76. The average Bonchev–Trinajstić information content (AvgIpc) is 2.91. The first-order valence-corrected chi connectivity index (χ1v) is 8.23. The Kier molecular flexibility index (Phi) is 4.38. The van der Waals surface area contributed by atoms with Gasteiger partial charge in [-0.2, -0.15) is 4.99 Å². The van der Waals surface area contributed by atoms with Crippen LogP contribution in [0.1, 0.15) is 22.3 Å². The van der Waals surface area contributed by atoms with Crippen molar-refractivity contribution >= 4 is 23.7 Å². The fourth-order valence-corrected chi connectivity index (χ4v) is 3.62. The molecule has 3 rings (SSSR count). The molecule has 1 aliphatic heterocycles. The molecule has 0 atom stereocenters. The van der Waals surface area contributed by atoms with Gasteiger partial charge in [0.25, 0.3) is 0 Å². The minimum absolute atomic E-state index is 0.641. The highest BCUT2D eigenvalue weighted by Gasteiger charge is 2.31. The molecule has 0 spiro atoms. The monoisotopic (exact) mass is 321 g/mol. The number of aryl methyl sites for hydroxylation is 4. The summed E-state index contributed by atoms with van der Waals surface area (Å²) in [5.41, 5.74) is 7.06. The number of aliphatic imine (C=N–C) groups is 1. The Balaban J connectivity index is 2.10. The van der Waals surface area contributed by atoms with Gasteiger partial charge in [0.05, 0.1) is 0 Å². The summed E-state index contributed by atoms with van der Waals surface area (Å²) in [7, 11) is 0. The molecule has 0 aromatic heterocycles. The number of carbonyl (C=O) groups is 1. The maximum atomic E-state index is 11.2. The molecule has 1 heterocycles. The van der Waals surface area contributed by atoms with Gasteiger partial charge in [0, 0.05) is 24.5 Å². The molecule has 24 heavy (non-hydrogen) atoms. The van der Waals surface area contributed by atoms with Gasteiger partial charge in [0.1, 0.15) is 0 Å². The van der Waals surface area contributed by atoms with Crippen LogP contribution in [0.25, 0.3) is 0 Å². The summed E-state index contributed by atoms with van der Waals surface area (Å²) >= 11 is 0. The van der Waals surface area contributed by atoms with Crippen molar-refractivity contribution in [1.29, 1.82) is 0 Å². The highest BCUT2D eigenvalue weighted by molar-refractivity contribution is 6.12. The van der Waals surface area contributed by atoms with E-state index in [1.54, 1.807) is 0 Å². The number of anilines is 2. The van der Waals surface area contributed by atoms with Gasteiger partial charge in [-0.3, -0.25) is 4.79 Å². The number of benzene rings is 2. The van der Waals surface area contributed by atoms with E-state index in [1.807, 2.05) is 0 Å². The first-order valence-electron chi connectivity index (χ1n) is 8.23. The fraction of sp³-hybridized carbons (Fsp3) is 0.300. The zero-order valence-corrected chi connectivity index (χ0v) is 14.7. The van der Waals surface area contributed by atoms with Crippen LogP contribution in [0.15, 0.2) is 41.4 Å². The van der Waals surface area contributed by atoms with Gasteiger partial charge in [0.15, 0.2) is 0 Å². The van der Waals surface area contributed by atoms with E-state index in [2.05, 4.69) is 78.9 Å². The third kappa shape index (κ3) is 2.68. The van der Waals surface area contributed by atoms with Crippen LogP contribution in [0, 0.1) is 27.7 Å². The summed E-state index contributed by atoms with van der Waals surface area (Å²) in [6.45, 7) is 10.0. The normalized spacial score (nSPS) is 14.2. The van der Waals surface area contributed by atoms with Crippen LogP contribution in [-0.4, -0.2) is 25.5 Å². The minimum Gasteiger partial charge on any atom is -0.310 e. The molecule has 2 aromatic rings. The molecule has 1 aliphatic rings. The number of nitrogens with zero attached hydrogens (tertiary/aromatic N) is 3. The summed E-state index contributed by atoms with van der Waals surface area (Å²) < 4.78 is 0. The number of hydrogen-bond donors (Lipinski definition) is 0. The summed E-state index contributed by atoms with van der Waals surface area (Å²) in [4.78, 5) is 19.7. The molecule has 4 heteroatoms. The third-order valence-corrected chi connectivity index (χ3v) is 4.62. The Morgan fingerprint density at radius 1 is 0.792 bits per heavy atom. The lowest BCUT2D eigenvalue weighted by atomic mass is 10.1. The third-order valence-electron chi connectivity index (χ3n) is 4.62. The first kappa shape index (κ1) is 16.2. The maximum absolute atomic E-state index is 11.2. The molecule has 124 valence electrons. The molecule has 0 N–H and O–H groups in total. The van der Waals surface area contributed by atoms with E-state index >= 15 is 0 Å². The highest BCUT2D eigenvalue weighted by Crippen LogP contribution is 2.33. The highest BCUT2D eigenvalue weighted by atomic mass is 16.1. The Hall–Kier alpha value is -2.62. The van der Waals surface area contributed by atoms with Gasteiger partial charge < -0.3 is 9.80 Å². The van der Waals surface area contributed by atoms with Crippen molar-refractivity contribution < 1.29 is 4.79 Å². The zero-order chi connectivity index (χ0) is 17.3. The van der Waals surface area contributed by atoms with Crippen LogP contribution >= 0.6 is 0 Å². The number of hydrogen-bond acceptors (Lipinski definition) is 1. The van der Waals surface area contributed by atoms with Crippen molar-refractivity contribution in [2.24, 2.45) is 4.99 Å². The van der Waals surface area contributed by atoms with Crippen LogP contribution in [0.5, 0.6) is 0 Å². The van der Waals surface area contributed by atoms with Crippen LogP contribution in [-0.2, 0) is 4.79 Å². The SMILES string of the molecule is Cc1cccc(C)c1N1CCN(c2c(C)cccc2C)C1=NC=O. The molecule has 0 radical (unpaired) electrons. The molecule has 2 aromatic carbocycles. The van der Waals surface area contributed by atoms with E-state index < -0.39 is 0 Å². The van der Waals surface area contributed by atoms with Gasteiger partial charge in [-0.05, 0) is 49.9 Å². The quantitative estimate of drug-likeness (QED) is 0.808. The molecule has 1 saturated heterocycles. The largest absolute Gasteiger partial charge is 0.310 e. The number of para-hydroxylation sites is 2. The van der Waals surface area contributed by atoms with Gasteiger partial charge in [-0.1, -0.05) is 36.4 Å². The molecule has 4 nitrogen and oxygen atoms in total. The van der Waals surface area contributed by atoms with E-state index in [0.717, 1.165) is 24.5 Å².